The van der Waals surface area contributed by atoms with E-state index in [1.807, 2.05) is 18.2 Å². The van der Waals surface area contributed by atoms with Crippen molar-refractivity contribution in [2.45, 2.75) is 13.5 Å². The molecule has 1 N–H and O–H groups in total. The van der Waals surface area contributed by atoms with Gasteiger partial charge >= 0.3 is 0 Å². The van der Waals surface area contributed by atoms with E-state index >= 15 is 0 Å². The van der Waals surface area contributed by atoms with Crippen molar-refractivity contribution in [1.82, 2.24) is 14.8 Å². The third-order valence-corrected chi connectivity index (χ3v) is 6.68. The van der Waals surface area contributed by atoms with Gasteiger partial charge in [0.2, 0.25) is 5.91 Å². The maximum Gasteiger partial charge on any atom is 0.221 e. The number of thiophene rings is 1. The van der Waals surface area contributed by atoms with Crippen molar-refractivity contribution >= 4 is 43.8 Å². The highest BCUT2D eigenvalue weighted by atomic mass is 32.1. The van der Waals surface area contributed by atoms with Gasteiger partial charge in [-0.3, -0.25) is 9.69 Å². The standard InChI is InChI=1S/C19H22N4OS2/c1-13(24)20-18-15(19-21-16-5-3-4-6-17(16)26-19)11-14(25-18)12-23-9-7-22(2)8-10-23/h3-6,11H,7-10,12H2,1-2H3,(H,20,24). The van der Waals surface area contributed by atoms with E-state index < -0.39 is 0 Å². The van der Waals surface area contributed by atoms with Gasteiger partial charge < -0.3 is 10.2 Å². The van der Waals surface area contributed by atoms with Crippen LogP contribution >= 0.6 is 22.7 Å². The van der Waals surface area contributed by atoms with E-state index in [1.54, 1.807) is 29.6 Å². The zero-order chi connectivity index (χ0) is 18.1. The van der Waals surface area contributed by atoms with E-state index in [-0.39, 0.29) is 5.91 Å². The molecule has 2 aromatic heterocycles. The number of nitrogens with zero attached hydrogens (tertiary/aromatic N) is 3. The Labute approximate surface area is 161 Å². The van der Waals surface area contributed by atoms with Crippen molar-refractivity contribution in [2.24, 2.45) is 0 Å². The molecular formula is C19H22N4OS2. The summed E-state index contributed by atoms with van der Waals surface area (Å²) in [5.74, 6) is -0.0413. The van der Waals surface area contributed by atoms with Crippen molar-refractivity contribution < 1.29 is 4.79 Å². The number of amides is 1. The van der Waals surface area contributed by atoms with Gasteiger partial charge in [-0.2, -0.15) is 0 Å². The lowest BCUT2D eigenvalue weighted by atomic mass is 10.2. The van der Waals surface area contributed by atoms with Crippen LogP contribution in [0.5, 0.6) is 0 Å². The van der Waals surface area contributed by atoms with Crippen LogP contribution in [0.25, 0.3) is 20.8 Å². The fourth-order valence-corrected chi connectivity index (χ4v) is 5.34. The van der Waals surface area contributed by atoms with Gasteiger partial charge in [0.15, 0.2) is 0 Å². The molecule has 0 radical (unpaired) electrons. The SMILES string of the molecule is CC(=O)Nc1sc(CN2CCN(C)CC2)cc1-c1nc2ccccc2s1. The van der Waals surface area contributed by atoms with Gasteiger partial charge in [0.25, 0.3) is 0 Å². The molecule has 1 aliphatic rings. The van der Waals surface area contributed by atoms with Crippen LogP contribution in [0, 0.1) is 0 Å². The van der Waals surface area contributed by atoms with Crippen LogP contribution in [0.3, 0.4) is 0 Å². The number of piperazine rings is 1. The molecule has 26 heavy (non-hydrogen) atoms. The Kier molecular flexibility index (Phi) is 5.04. The average Bonchev–Trinajstić information content (AvgIpc) is 3.20. The van der Waals surface area contributed by atoms with E-state index in [0.717, 1.165) is 53.8 Å². The lowest BCUT2D eigenvalue weighted by Crippen LogP contribution is -2.43. The number of carbonyl (C=O) groups is 1. The monoisotopic (exact) mass is 386 g/mol. The Morgan fingerprint density at radius 1 is 1.19 bits per heavy atom. The summed E-state index contributed by atoms with van der Waals surface area (Å²) in [6.45, 7) is 6.86. The summed E-state index contributed by atoms with van der Waals surface area (Å²) >= 11 is 3.34. The number of anilines is 1. The van der Waals surface area contributed by atoms with Gasteiger partial charge in [-0.1, -0.05) is 12.1 Å². The fraction of sp³-hybridized carbons (Fsp3) is 0.368. The van der Waals surface area contributed by atoms with Crippen LogP contribution in [0.4, 0.5) is 5.00 Å². The number of carbonyl (C=O) groups excluding carboxylic acids is 1. The first-order valence-corrected chi connectivity index (χ1v) is 10.4. The summed E-state index contributed by atoms with van der Waals surface area (Å²) in [6.07, 6.45) is 0. The molecule has 1 fully saturated rings. The molecule has 136 valence electrons. The van der Waals surface area contributed by atoms with Crippen LogP contribution < -0.4 is 5.32 Å². The molecule has 0 spiro atoms. The number of thiazole rings is 1. The number of likely N-dealkylation sites (N-methyl/N-ethyl adjacent to an activating group) is 1. The predicted molar refractivity (Wildman–Crippen MR) is 110 cm³/mol. The summed E-state index contributed by atoms with van der Waals surface area (Å²) in [6, 6.07) is 10.4. The highest BCUT2D eigenvalue weighted by molar-refractivity contribution is 7.22. The number of para-hydroxylation sites is 1. The molecule has 1 aliphatic heterocycles. The first-order chi connectivity index (χ1) is 12.6. The summed E-state index contributed by atoms with van der Waals surface area (Å²) in [5, 5.41) is 4.87. The molecule has 1 amide bonds. The topological polar surface area (TPSA) is 48.5 Å². The summed E-state index contributed by atoms with van der Waals surface area (Å²) in [5.41, 5.74) is 2.05. The minimum atomic E-state index is -0.0413. The second-order valence-electron chi connectivity index (χ2n) is 6.70. The van der Waals surface area contributed by atoms with Crippen molar-refractivity contribution in [2.75, 3.05) is 38.5 Å². The molecule has 0 aliphatic carbocycles. The van der Waals surface area contributed by atoms with Gasteiger partial charge in [-0.05, 0) is 25.2 Å². The minimum absolute atomic E-state index is 0.0413. The normalized spacial score (nSPS) is 16.2. The van der Waals surface area contributed by atoms with Gasteiger partial charge in [0, 0.05) is 50.1 Å². The second kappa shape index (κ2) is 7.44. The molecule has 4 rings (SSSR count). The van der Waals surface area contributed by atoms with Crippen LogP contribution in [0.2, 0.25) is 0 Å². The number of hydrogen-bond donors (Lipinski definition) is 1. The van der Waals surface area contributed by atoms with Crippen LogP contribution in [0.1, 0.15) is 11.8 Å². The minimum Gasteiger partial charge on any atom is -0.317 e. The largest absolute Gasteiger partial charge is 0.317 e. The molecule has 0 saturated carbocycles. The Balaban J connectivity index is 1.64. The number of rotatable bonds is 4. The Morgan fingerprint density at radius 2 is 1.96 bits per heavy atom. The van der Waals surface area contributed by atoms with Crippen LogP contribution in [0.15, 0.2) is 30.3 Å². The first kappa shape index (κ1) is 17.6. The number of aromatic nitrogens is 1. The Bertz CT molecular complexity index is 892. The third-order valence-electron chi connectivity index (χ3n) is 4.57. The van der Waals surface area contributed by atoms with Gasteiger partial charge in [-0.25, -0.2) is 4.98 Å². The number of hydrogen-bond acceptors (Lipinski definition) is 6. The Morgan fingerprint density at radius 3 is 2.69 bits per heavy atom. The summed E-state index contributed by atoms with van der Waals surface area (Å²) < 4.78 is 1.17. The van der Waals surface area contributed by atoms with Crippen molar-refractivity contribution in [1.29, 1.82) is 0 Å². The summed E-state index contributed by atoms with van der Waals surface area (Å²) in [7, 11) is 2.17. The molecule has 1 aromatic carbocycles. The van der Waals surface area contributed by atoms with E-state index in [1.165, 1.54) is 9.58 Å². The fourth-order valence-electron chi connectivity index (χ4n) is 3.15. The Hall–Kier alpha value is -1.80. The molecule has 7 heteroatoms. The van der Waals surface area contributed by atoms with Crippen molar-refractivity contribution in [3.05, 3.63) is 35.2 Å². The highest BCUT2D eigenvalue weighted by Crippen LogP contribution is 2.40. The lowest BCUT2D eigenvalue weighted by Gasteiger charge is -2.31. The average molecular weight is 387 g/mol. The number of benzene rings is 1. The van der Waals surface area contributed by atoms with E-state index in [2.05, 4.69) is 34.3 Å². The van der Waals surface area contributed by atoms with Gasteiger partial charge in [0.1, 0.15) is 10.0 Å². The predicted octanol–water partition coefficient (Wildman–Crippen LogP) is 3.73. The van der Waals surface area contributed by atoms with Crippen LogP contribution in [-0.2, 0) is 11.3 Å². The zero-order valence-corrected chi connectivity index (χ0v) is 16.6. The van der Waals surface area contributed by atoms with Gasteiger partial charge in [0.05, 0.1) is 10.2 Å². The van der Waals surface area contributed by atoms with Crippen LogP contribution in [-0.4, -0.2) is 53.9 Å². The third kappa shape index (κ3) is 3.81. The van der Waals surface area contributed by atoms with Gasteiger partial charge in [-0.15, -0.1) is 22.7 Å². The van der Waals surface area contributed by atoms with E-state index in [0.29, 0.717) is 0 Å². The molecule has 0 bridgehead atoms. The first-order valence-electron chi connectivity index (χ1n) is 8.75. The second-order valence-corrected chi connectivity index (χ2v) is 8.87. The maximum absolute atomic E-state index is 11.7. The zero-order valence-electron chi connectivity index (χ0n) is 15.0. The lowest BCUT2D eigenvalue weighted by molar-refractivity contribution is -0.114. The summed E-state index contributed by atoms with van der Waals surface area (Å²) in [4.78, 5) is 22.6. The molecule has 3 heterocycles. The maximum atomic E-state index is 11.7. The smallest absolute Gasteiger partial charge is 0.221 e. The highest BCUT2D eigenvalue weighted by Gasteiger charge is 2.19. The van der Waals surface area contributed by atoms with Crippen molar-refractivity contribution in [3.63, 3.8) is 0 Å². The number of nitrogens with one attached hydrogen (secondary N) is 1. The van der Waals surface area contributed by atoms with E-state index in [4.69, 9.17) is 4.98 Å². The molecular weight excluding hydrogens is 364 g/mol. The molecule has 3 aromatic rings. The molecule has 5 nitrogen and oxygen atoms in total. The molecule has 0 unspecified atom stereocenters. The van der Waals surface area contributed by atoms with Crippen molar-refractivity contribution in [3.8, 4) is 10.6 Å². The molecule has 0 atom stereocenters. The number of fused-ring (bicyclic) bond motifs is 1. The molecule has 1 saturated heterocycles. The van der Waals surface area contributed by atoms with E-state index in [9.17, 15) is 4.79 Å². The quantitative estimate of drug-likeness (QED) is 0.742.